The van der Waals surface area contributed by atoms with Crippen LogP contribution in [0.25, 0.3) is 0 Å². The summed E-state index contributed by atoms with van der Waals surface area (Å²) in [4.78, 5) is 4.06. The molecule has 0 aliphatic rings. The topological polar surface area (TPSA) is 116 Å². The van der Waals surface area contributed by atoms with Crippen LogP contribution in [0.3, 0.4) is 0 Å². The first kappa shape index (κ1) is 19.7. The van der Waals surface area contributed by atoms with Crippen LogP contribution >= 0.6 is 11.6 Å². The minimum absolute atomic E-state index is 0.0110. The predicted molar refractivity (Wildman–Crippen MR) is 96.6 cm³/mol. The van der Waals surface area contributed by atoms with Crippen molar-refractivity contribution in [2.24, 2.45) is 4.99 Å². The van der Waals surface area contributed by atoms with Gasteiger partial charge < -0.3 is 10.4 Å². The second kappa shape index (κ2) is 8.74. The molecular weight excluding hydrogens is 396 g/mol. The molecular formula is C17H14ClF2N5O3. The van der Waals surface area contributed by atoms with Crippen molar-refractivity contribution in [3.8, 4) is 0 Å². The SMILES string of the molecule is ONC(=Nc1ccc(F)c(Cl)c1)c1nonc1NC(O)Cc1ccc(F)cc1. The number of amidine groups is 1. The van der Waals surface area contributed by atoms with Crippen LogP contribution in [0.2, 0.25) is 5.02 Å². The van der Waals surface area contributed by atoms with E-state index < -0.39 is 12.0 Å². The third-order valence-corrected chi connectivity index (χ3v) is 3.90. The number of aromatic nitrogens is 2. The van der Waals surface area contributed by atoms with Gasteiger partial charge in [0, 0.05) is 6.42 Å². The average Bonchev–Trinajstić information content (AvgIpc) is 3.12. The van der Waals surface area contributed by atoms with Crippen molar-refractivity contribution >= 4 is 28.9 Å². The van der Waals surface area contributed by atoms with Gasteiger partial charge in [0.2, 0.25) is 5.82 Å². The Bertz CT molecular complexity index is 981. The number of hydrogen-bond acceptors (Lipinski definition) is 7. The predicted octanol–water partition coefficient (Wildman–Crippen LogP) is 3.03. The maximum absolute atomic E-state index is 13.3. The Hall–Kier alpha value is -3.08. The molecule has 3 rings (SSSR count). The van der Waals surface area contributed by atoms with E-state index in [1.807, 2.05) is 5.48 Å². The maximum atomic E-state index is 13.3. The van der Waals surface area contributed by atoms with Gasteiger partial charge in [-0.1, -0.05) is 23.7 Å². The lowest BCUT2D eigenvalue weighted by atomic mass is 10.1. The molecule has 1 heterocycles. The van der Waals surface area contributed by atoms with E-state index in [9.17, 15) is 19.1 Å². The van der Waals surface area contributed by atoms with Gasteiger partial charge in [0.05, 0.1) is 10.7 Å². The minimum atomic E-state index is -1.11. The van der Waals surface area contributed by atoms with Crippen LogP contribution in [0.5, 0.6) is 0 Å². The van der Waals surface area contributed by atoms with Gasteiger partial charge in [0.15, 0.2) is 11.5 Å². The number of hydrogen-bond donors (Lipinski definition) is 4. The first-order valence-electron chi connectivity index (χ1n) is 7.92. The van der Waals surface area contributed by atoms with Gasteiger partial charge in [-0.05, 0) is 46.2 Å². The molecule has 0 saturated carbocycles. The van der Waals surface area contributed by atoms with E-state index in [2.05, 4.69) is 25.3 Å². The van der Waals surface area contributed by atoms with E-state index in [0.29, 0.717) is 5.56 Å². The molecule has 28 heavy (non-hydrogen) atoms. The number of hydroxylamine groups is 1. The van der Waals surface area contributed by atoms with Crippen molar-refractivity contribution in [1.29, 1.82) is 0 Å². The van der Waals surface area contributed by atoms with Crippen molar-refractivity contribution in [2.45, 2.75) is 12.6 Å². The van der Waals surface area contributed by atoms with E-state index in [0.717, 1.165) is 6.07 Å². The van der Waals surface area contributed by atoms with Crippen molar-refractivity contribution in [1.82, 2.24) is 15.8 Å². The van der Waals surface area contributed by atoms with Gasteiger partial charge in [-0.25, -0.2) is 18.4 Å². The maximum Gasteiger partial charge on any atom is 0.204 e. The van der Waals surface area contributed by atoms with Gasteiger partial charge in [0.25, 0.3) is 0 Å². The number of aliphatic hydroxyl groups excluding tert-OH is 1. The lowest BCUT2D eigenvalue weighted by Crippen LogP contribution is -2.26. The molecule has 0 spiro atoms. The largest absolute Gasteiger partial charge is 0.373 e. The minimum Gasteiger partial charge on any atom is -0.373 e. The zero-order chi connectivity index (χ0) is 20.1. The molecule has 2 aromatic carbocycles. The Morgan fingerprint density at radius 3 is 2.61 bits per heavy atom. The number of nitrogens with one attached hydrogen (secondary N) is 2. The number of nitrogens with zero attached hydrogens (tertiary/aromatic N) is 3. The van der Waals surface area contributed by atoms with E-state index in [4.69, 9.17) is 11.6 Å². The second-order valence-corrected chi connectivity index (χ2v) is 6.03. The summed E-state index contributed by atoms with van der Waals surface area (Å²) >= 11 is 5.71. The number of anilines is 1. The molecule has 0 saturated heterocycles. The van der Waals surface area contributed by atoms with Gasteiger partial charge in [-0.2, -0.15) is 0 Å². The summed E-state index contributed by atoms with van der Waals surface area (Å²) in [5.41, 5.74) is 2.70. The highest BCUT2D eigenvalue weighted by Gasteiger charge is 2.19. The summed E-state index contributed by atoms with van der Waals surface area (Å²) in [6.07, 6.45) is -0.976. The van der Waals surface area contributed by atoms with E-state index in [1.165, 1.54) is 36.4 Å². The Kier molecular flexibility index (Phi) is 6.14. The third-order valence-electron chi connectivity index (χ3n) is 3.61. The summed E-state index contributed by atoms with van der Waals surface area (Å²) in [7, 11) is 0. The first-order valence-corrected chi connectivity index (χ1v) is 8.30. The average molecular weight is 410 g/mol. The van der Waals surface area contributed by atoms with Crippen molar-refractivity contribution in [2.75, 3.05) is 5.32 Å². The van der Waals surface area contributed by atoms with Crippen LogP contribution in [0.15, 0.2) is 52.1 Å². The lowest BCUT2D eigenvalue weighted by molar-refractivity contribution is 0.202. The van der Waals surface area contributed by atoms with Gasteiger partial charge in [-0.15, -0.1) is 0 Å². The van der Waals surface area contributed by atoms with Gasteiger partial charge in [-0.3, -0.25) is 10.7 Å². The number of rotatable bonds is 6. The van der Waals surface area contributed by atoms with Crippen LogP contribution in [-0.2, 0) is 6.42 Å². The summed E-state index contributed by atoms with van der Waals surface area (Å²) in [5.74, 6) is -1.19. The number of benzene rings is 2. The molecule has 0 bridgehead atoms. The lowest BCUT2D eigenvalue weighted by Gasteiger charge is -2.12. The Labute approximate surface area is 162 Å². The summed E-state index contributed by atoms with van der Waals surface area (Å²) in [6.45, 7) is 0. The quantitative estimate of drug-likeness (QED) is 0.214. The summed E-state index contributed by atoms with van der Waals surface area (Å²) in [5, 5.41) is 29.3. The van der Waals surface area contributed by atoms with Crippen LogP contribution in [0, 0.1) is 11.6 Å². The molecule has 8 nitrogen and oxygen atoms in total. The first-order chi connectivity index (χ1) is 13.5. The normalized spacial score (nSPS) is 12.7. The van der Waals surface area contributed by atoms with Gasteiger partial charge in [0.1, 0.15) is 17.9 Å². The van der Waals surface area contributed by atoms with Crippen molar-refractivity contribution in [3.05, 3.63) is 70.4 Å². The molecule has 3 aromatic rings. The number of aliphatic imine (C=N–C) groups is 1. The molecule has 11 heteroatoms. The molecule has 1 unspecified atom stereocenters. The molecule has 0 fully saturated rings. The van der Waals surface area contributed by atoms with Crippen molar-refractivity contribution < 1.29 is 23.7 Å². The van der Waals surface area contributed by atoms with Crippen molar-refractivity contribution in [3.63, 3.8) is 0 Å². The highest BCUT2D eigenvalue weighted by Crippen LogP contribution is 2.23. The van der Waals surface area contributed by atoms with Crippen LogP contribution in [-0.4, -0.2) is 32.7 Å². The molecule has 146 valence electrons. The monoisotopic (exact) mass is 409 g/mol. The highest BCUT2D eigenvalue weighted by molar-refractivity contribution is 6.31. The molecule has 1 atom stereocenters. The molecule has 0 aliphatic carbocycles. The standard InChI is InChI=1S/C17H14ClF2N5O3/c18-12-8-11(5-6-13(12)20)21-16(23-27)15-17(25-28-24-15)22-14(26)7-9-1-3-10(19)4-2-9/h1-6,8,14,26-27H,7H2,(H,21,23)(H,22,25). The number of halogens is 3. The van der Waals surface area contributed by atoms with E-state index >= 15 is 0 Å². The third kappa shape index (κ3) is 4.80. The Morgan fingerprint density at radius 1 is 1.18 bits per heavy atom. The molecule has 4 N–H and O–H groups in total. The van der Waals surface area contributed by atoms with Gasteiger partial charge >= 0.3 is 0 Å². The molecule has 0 amide bonds. The fourth-order valence-corrected chi connectivity index (χ4v) is 2.48. The smallest absolute Gasteiger partial charge is 0.204 e. The fraction of sp³-hybridized carbons (Fsp3) is 0.118. The Morgan fingerprint density at radius 2 is 1.93 bits per heavy atom. The molecule has 1 aromatic heterocycles. The number of aliphatic hydroxyl groups is 1. The molecule has 0 radical (unpaired) electrons. The zero-order valence-electron chi connectivity index (χ0n) is 14.1. The highest BCUT2D eigenvalue weighted by atomic mass is 35.5. The second-order valence-electron chi connectivity index (χ2n) is 5.62. The van der Waals surface area contributed by atoms with Crippen LogP contribution in [0.4, 0.5) is 20.3 Å². The fourth-order valence-electron chi connectivity index (χ4n) is 2.31. The molecule has 0 aliphatic heterocycles. The van der Waals surface area contributed by atoms with Crippen LogP contribution in [0.1, 0.15) is 11.3 Å². The van der Waals surface area contributed by atoms with Crippen LogP contribution < -0.4 is 10.8 Å². The van der Waals surface area contributed by atoms with E-state index in [-0.39, 0.29) is 40.3 Å². The van der Waals surface area contributed by atoms with E-state index in [1.54, 1.807) is 0 Å². The Balaban J connectivity index is 1.77. The summed E-state index contributed by atoms with van der Waals surface area (Å²) < 4.78 is 30.8. The summed E-state index contributed by atoms with van der Waals surface area (Å²) in [6, 6.07) is 9.31. The zero-order valence-corrected chi connectivity index (χ0v) is 14.9.